The molecule has 0 radical (unpaired) electrons. The number of nitrogen functional groups attached to an aromatic ring is 1. The Morgan fingerprint density at radius 2 is 1.68 bits per heavy atom. The predicted molar refractivity (Wildman–Crippen MR) is 70.5 cm³/mol. The smallest absolute Gasteiger partial charge is 0.241 e. The summed E-state index contributed by atoms with van der Waals surface area (Å²) in [6.45, 7) is 2.89. The maximum Gasteiger partial charge on any atom is 0.241 e. The molecule has 0 saturated carbocycles. The van der Waals surface area contributed by atoms with Crippen LogP contribution in [0.3, 0.4) is 0 Å². The average Bonchev–Trinajstić information content (AvgIpc) is 2.41. The molecule has 0 bridgehead atoms. The number of anilines is 1. The van der Waals surface area contributed by atoms with E-state index in [2.05, 4.69) is 9.97 Å². The van der Waals surface area contributed by atoms with E-state index in [-0.39, 0.29) is 16.7 Å². The van der Waals surface area contributed by atoms with Crippen molar-refractivity contribution < 1.29 is 18.9 Å². The quantitative estimate of drug-likeness (QED) is 0.503. The fraction of sp³-hybridized carbons (Fsp3) is 0.636. The first-order chi connectivity index (χ1) is 9.25. The van der Waals surface area contributed by atoms with Crippen LogP contribution in [0.4, 0.5) is 5.69 Å². The molecule has 0 aromatic carbocycles. The van der Waals surface area contributed by atoms with Crippen molar-refractivity contribution in [3.8, 4) is 5.88 Å². The molecule has 0 amide bonds. The lowest BCUT2D eigenvalue weighted by molar-refractivity contribution is 0.0177. The number of hydrogen-bond donors (Lipinski definition) is 1. The van der Waals surface area contributed by atoms with E-state index in [0.29, 0.717) is 39.6 Å². The molecule has 0 unspecified atom stereocenters. The van der Waals surface area contributed by atoms with Crippen LogP contribution >= 0.6 is 11.6 Å². The second-order valence-corrected chi connectivity index (χ2v) is 3.81. The molecule has 0 aliphatic rings. The summed E-state index contributed by atoms with van der Waals surface area (Å²) < 4.78 is 20.7. The monoisotopic (exact) mass is 291 g/mol. The summed E-state index contributed by atoms with van der Waals surface area (Å²) in [7, 11) is 1.63. The van der Waals surface area contributed by atoms with E-state index in [1.165, 1.54) is 6.33 Å². The molecule has 0 aliphatic carbocycles. The van der Waals surface area contributed by atoms with E-state index in [1.807, 2.05) is 0 Å². The van der Waals surface area contributed by atoms with Crippen molar-refractivity contribution in [3.63, 3.8) is 0 Å². The standard InChI is InChI=1S/C11H18ClN3O4/c1-16-2-3-17-4-5-18-6-7-19-11-9(13)10(12)14-8-15-11/h8H,2-7,13H2,1H3. The van der Waals surface area contributed by atoms with Gasteiger partial charge in [-0.1, -0.05) is 11.6 Å². The Hall–Kier alpha value is -1.15. The molecule has 0 fully saturated rings. The zero-order chi connectivity index (χ0) is 13.9. The second kappa shape index (κ2) is 9.74. The molecule has 7 nitrogen and oxygen atoms in total. The highest BCUT2D eigenvalue weighted by molar-refractivity contribution is 6.32. The molecule has 1 aromatic heterocycles. The Morgan fingerprint density at radius 3 is 2.37 bits per heavy atom. The van der Waals surface area contributed by atoms with Gasteiger partial charge in [-0.3, -0.25) is 0 Å². The molecule has 2 N–H and O–H groups in total. The van der Waals surface area contributed by atoms with E-state index >= 15 is 0 Å². The number of halogens is 1. The predicted octanol–water partition coefficient (Wildman–Crippen LogP) is 0.771. The minimum Gasteiger partial charge on any atom is -0.474 e. The summed E-state index contributed by atoms with van der Waals surface area (Å²) in [5.74, 6) is 0.264. The van der Waals surface area contributed by atoms with Gasteiger partial charge in [0.05, 0.1) is 33.0 Å². The highest BCUT2D eigenvalue weighted by Gasteiger charge is 2.06. The van der Waals surface area contributed by atoms with Crippen molar-refractivity contribution in [2.24, 2.45) is 0 Å². The van der Waals surface area contributed by atoms with Gasteiger partial charge in [0.1, 0.15) is 18.6 Å². The van der Waals surface area contributed by atoms with Gasteiger partial charge in [0.25, 0.3) is 0 Å². The molecule has 1 rings (SSSR count). The second-order valence-electron chi connectivity index (χ2n) is 3.45. The summed E-state index contributed by atoms with van der Waals surface area (Å²) in [4.78, 5) is 7.59. The zero-order valence-corrected chi connectivity index (χ0v) is 11.6. The lowest BCUT2D eigenvalue weighted by atomic mass is 10.5. The minimum absolute atomic E-state index is 0.178. The molecule has 1 heterocycles. The van der Waals surface area contributed by atoms with Gasteiger partial charge >= 0.3 is 0 Å². The number of nitrogens with two attached hydrogens (primary N) is 1. The van der Waals surface area contributed by atoms with Gasteiger partial charge in [-0.2, -0.15) is 4.98 Å². The third kappa shape index (κ3) is 6.53. The summed E-state index contributed by atoms with van der Waals surface area (Å²) in [5, 5.41) is 0.178. The van der Waals surface area contributed by atoms with Gasteiger partial charge in [-0.25, -0.2) is 4.98 Å². The van der Waals surface area contributed by atoms with Crippen molar-refractivity contribution in [3.05, 3.63) is 11.5 Å². The molecule has 8 heteroatoms. The first-order valence-corrected chi connectivity index (χ1v) is 6.16. The summed E-state index contributed by atoms with van der Waals surface area (Å²) in [5.41, 5.74) is 5.87. The van der Waals surface area contributed by atoms with Crippen LogP contribution < -0.4 is 10.5 Å². The molecule has 0 atom stereocenters. The molecule has 0 aliphatic heterocycles. The molecule has 1 aromatic rings. The van der Waals surface area contributed by atoms with Crippen molar-refractivity contribution in [1.82, 2.24) is 9.97 Å². The largest absolute Gasteiger partial charge is 0.474 e. The fourth-order valence-electron chi connectivity index (χ4n) is 1.14. The van der Waals surface area contributed by atoms with Crippen LogP contribution in [0.1, 0.15) is 0 Å². The van der Waals surface area contributed by atoms with Crippen molar-refractivity contribution >= 4 is 17.3 Å². The van der Waals surface area contributed by atoms with Gasteiger partial charge in [0.2, 0.25) is 5.88 Å². The first-order valence-electron chi connectivity index (χ1n) is 5.79. The Labute approximate surface area is 117 Å². The summed E-state index contributed by atoms with van der Waals surface area (Å²) in [6.07, 6.45) is 1.29. The summed E-state index contributed by atoms with van der Waals surface area (Å²) >= 11 is 5.72. The van der Waals surface area contributed by atoms with Crippen LogP contribution in [0.2, 0.25) is 5.15 Å². The van der Waals surface area contributed by atoms with Gasteiger partial charge in [-0.05, 0) is 0 Å². The molecule has 0 saturated heterocycles. The van der Waals surface area contributed by atoms with Crippen molar-refractivity contribution in [2.75, 3.05) is 52.5 Å². The maximum absolute atomic E-state index is 5.72. The number of hydrogen-bond acceptors (Lipinski definition) is 7. The van der Waals surface area contributed by atoms with Gasteiger partial charge in [-0.15, -0.1) is 0 Å². The zero-order valence-electron chi connectivity index (χ0n) is 10.8. The van der Waals surface area contributed by atoms with E-state index in [4.69, 9.17) is 36.3 Å². The van der Waals surface area contributed by atoms with Gasteiger partial charge in [0.15, 0.2) is 5.15 Å². The highest BCUT2D eigenvalue weighted by Crippen LogP contribution is 2.23. The van der Waals surface area contributed by atoms with E-state index < -0.39 is 0 Å². The first kappa shape index (κ1) is 15.9. The van der Waals surface area contributed by atoms with Crippen LogP contribution in [-0.4, -0.2) is 56.7 Å². The van der Waals surface area contributed by atoms with E-state index in [0.717, 1.165) is 0 Å². The molecular formula is C11H18ClN3O4. The van der Waals surface area contributed by atoms with E-state index in [9.17, 15) is 0 Å². The van der Waals surface area contributed by atoms with Crippen LogP contribution in [0.25, 0.3) is 0 Å². The van der Waals surface area contributed by atoms with Crippen molar-refractivity contribution in [2.45, 2.75) is 0 Å². The highest BCUT2D eigenvalue weighted by atomic mass is 35.5. The number of aromatic nitrogens is 2. The number of ether oxygens (including phenoxy) is 4. The Morgan fingerprint density at radius 1 is 1.05 bits per heavy atom. The number of methoxy groups -OCH3 is 1. The third-order valence-electron chi connectivity index (χ3n) is 2.07. The van der Waals surface area contributed by atoms with Crippen LogP contribution in [-0.2, 0) is 14.2 Å². The molecule has 0 spiro atoms. The Kier molecular flexibility index (Phi) is 8.15. The third-order valence-corrected chi connectivity index (χ3v) is 2.37. The normalized spacial score (nSPS) is 10.6. The molecule has 19 heavy (non-hydrogen) atoms. The average molecular weight is 292 g/mol. The number of nitrogens with zero attached hydrogens (tertiary/aromatic N) is 2. The minimum atomic E-state index is 0.178. The van der Waals surface area contributed by atoms with Crippen molar-refractivity contribution in [1.29, 1.82) is 0 Å². The molecular weight excluding hydrogens is 274 g/mol. The fourth-order valence-corrected chi connectivity index (χ4v) is 1.26. The Bertz CT molecular complexity index is 368. The van der Waals surface area contributed by atoms with Crippen LogP contribution in [0, 0.1) is 0 Å². The lowest BCUT2D eigenvalue weighted by Gasteiger charge is -2.08. The molecule has 108 valence electrons. The maximum atomic E-state index is 5.72. The van der Waals surface area contributed by atoms with Crippen LogP contribution in [0.5, 0.6) is 5.88 Å². The topological polar surface area (TPSA) is 88.7 Å². The van der Waals surface area contributed by atoms with Crippen LogP contribution in [0.15, 0.2) is 6.33 Å². The van der Waals surface area contributed by atoms with Gasteiger partial charge in [0, 0.05) is 7.11 Å². The van der Waals surface area contributed by atoms with E-state index in [1.54, 1.807) is 7.11 Å². The SMILES string of the molecule is COCCOCCOCCOc1ncnc(Cl)c1N. The Balaban J connectivity index is 2.03. The number of rotatable bonds is 10. The lowest BCUT2D eigenvalue weighted by Crippen LogP contribution is -2.13. The van der Waals surface area contributed by atoms with Gasteiger partial charge < -0.3 is 24.7 Å². The summed E-state index contributed by atoms with van der Waals surface area (Å²) in [6, 6.07) is 0.